The van der Waals surface area contributed by atoms with Gasteiger partial charge >= 0.3 is 5.97 Å². The lowest BCUT2D eigenvalue weighted by atomic mass is 10.1. The van der Waals surface area contributed by atoms with Gasteiger partial charge in [-0.1, -0.05) is 0 Å². The first-order valence-electron chi connectivity index (χ1n) is 6.24. The molecule has 2 fully saturated rings. The van der Waals surface area contributed by atoms with Crippen LogP contribution in [0.1, 0.15) is 19.3 Å². The SMILES string of the molecule is O=C1OCCC1N1CCCC1Cn1cccn1. The number of hydrogen-bond donors (Lipinski definition) is 0. The molecular weight excluding hydrogens is 218 g/mol. The fourth-order valence-corrected chi connectivity index (χ4v) is 2.88. The van der Waals surface area contributed by atoms with Crippen molar-refractivity contribution in [3.05, 3.63) is 18.5 Å². The van der Waals surface area contributed by atoms with Gasteiger partial charge in [-0.25, -0.2) is 0 Å². The number of carbonyl (C=O) groups excluding carboxylic acids is 1. The molecule has 0 spiro atoms. The largest absolute Gasteiger partial charge is 0.464 e. The number of carbonyl (C=O) groups is 1. The van der Waals surface area contributed by atoms with E-state index in [0.717, 1.165) is 32.4 Å². The highest BCUT2D eigenvalue weighted by Gasteiger charge is 2.38. The topological polar surface area (TPSA) is 47.4 Å². The summed E-state index contributed by atoms with van der Waals surface area (Å²) < 4.78 is 7.01. The Morgan fingerprint density at radius 2 is 2.41 bits per heavy atom. The van der Waals surface area contributed by atoms with Gasteiger partial charge in [0.15, 0.2) is 0 Å². The van der Waals surface area contributed by atoms with Gasteiger partial charge in [-0.15, -0.1) is 0 Å². The molecule has 0 amide bonds. The summed E-state index contributed by atoms with van der Waals surface area (Å²) in [6, 6.07) is 2.34. The van der Waals surface area contributed by atoms with Gasteiger partial charge in [0.25, 0.3) is 0 Å². The van der Waals surface area contributed by atoms with Crippen LogP contribution >= 0.6 is 0 Å². The van der Waals surface area contributed by atoms with Crippen molar-refractivity contribution < 1.29 is 9.53 Å². The fourth-order valence-electron chi connectivity index (χ4n) is 2.88. The van der Waals surface area contributed by atoms with E-state index in [1.165, 1.54) is 0 Å². The minimum Gasteiger partial charge on any atom is -0.464 e. The highest BCUT2D eigenvalue weighted by Crippen LogP contribution is 2.25. The lowest BCUT2D eigenvalue weighted by molar-refractivity contribution is -0.142. The second kappa shape index (κ2) is 4.49. The predicted octanol–water partition coefficient (Wildman–Crippen LogP) is 0.663. The molecule has 1 aromatic heterocycles. The number of aromatic nitrogens is 2. The summed E-state index contributed by atoms with van der Waals surface area (Å²) in [6.45, 7) is 2.46. The first-order chi connectivity index (χ1) is 8.34. The second-order valence-electron chi connectivity index (χ2n) is 4.73. The van der Waals surface area contributed by atoms with Crippen molar-refractivity contribution in [1.82, 2.24) is 14.7 Å². The standard InChI is InChI=1S/C12H17N3O2/c16-12-11(4-8-17-12)15-7-1-3-10(15)9-14-6-2-5-13-14/h2,5-6,10-11H,1,3-4,7-9H2. The highest BCUT2D eigenvalue weighted by atomic mass is 16.5. The molecule has 0 aliphatic carbocycles. The minimum absolute atomic E-state index is 0.0157. The zero-order valence-corrected chi connectivity index (χ0v) is 9.79. The Balaban J connectivity index is 1.69. The van der Waals surface area contributed by atoms with E-state index in [9.17, 15) is 4.79 Å². The average molecular weight is 235 g/mol. The smallest absolute Gasteiger partial charge is 0.323 e. The summed E-state index contributed by atoms with van der Waals surface area (Å²) in [4.78, 5) is 13.9. The molecule has 3 rings (SSSR count). The van der Waals surface area contributed by atoms with Gasteiger partial charge in [0.2, 0.25) is 0 Å². The van der Waals surface area contributed by atoms with E-state index in [2.05, 4.69) is 10.00 Å². The molecule has 0 saturated carbocycles. The number of rotatable bonds is 3. The van der Waals surface area contributed by atoms with Crippen LogP contribution in [0.25, 0.3) is 0 Å². The Kier molecular flexibility index (Phi) is 2.84. The summed E-state index contributed by atoms with van der Waals surface area (Å²) in [5.74, 6) is -0.0441. The number of nitrogens with zero attached hydrogens (tertiary/aromatic N) is 3. The van der Waals surface area contributed by atoms with Crippen molar-refractivity contribution in [3.63, 3.8) is 0 Å². The van der Waals surface area contributed by atoms with Gasteiger partial charge in [-0.3, -0.25) is 14.4 Å². The number of ether oxygens (including phenoxy) is 1. The first kappa shape index (κ1) is 10.8. The van der Waals surface area contributed by atoms with Crippen LogP contribution in [-0.4, -0.2) is 45.9 Å². The maximum absolute atomic E-state index is 11.6. The van der Waals surface area contributed by atoms with Crippen LogP contribution in [0.2, 0.25) is 0 Å². The van der Waals surface area contributed by atoms with Crippen LogP contribution in [0.15, 0.2) is 18.5 Å². The predicted molar refractivity (Wildman–Crippen MR) is 61.3 cm³/mol. The zero-order valence-electron chi connectivity index (χ0n) is 9.79. The van der Waals surface area contributed by atoms with Gasteiger partial charge < -0.3 is 4.74 Å². The third-order valence-electron chi connectivity index (χ3n) is 3.69. The van der Waals surface area contributed by atoms with Crippen LogP contribution in [0.5, 0.6) is 0 Å². The van der Waals surface area contributed by atoms with E-state index in [-0.39, 0.29) is 12.0 Å². The van der Waals surface area contributed by atoms with Gasteiger partial charge in [0.05, 0.1) is 13.2 Å². The average Bonchev–Trinajstić information content (AvgIpc) is 3.00. The summed E-state index contributed by atoms with van der Waals surface area (Å²) in [5, 5.41) is 4.23. The molecule has 0 aromatic carbocycles. The molecule has 2 saturated heterocycles. The second-order valence-corrected chi connectivity index (χ2v) is 4.73. The van der Waals surface area contributed by atoms with E-state index in [1.807, 2.05) is 16.9 Å². The molecule has 0 bridgehead atoms. The molecule has 17 heavy (non-hydrogen) atoms. The monoisotopic (exact) mass is 235 g/mol. The van der Waals surface area contributed by atoms with Gasteiger partial charge in [-0.2, -0.15) is 5.10 Å². The third kappa shape index (κ3) is 2.07. The Labute approximate surface area is 100 Å². The lowest BCUT2D eigenvalue weighted by Gasteiger charge is -2.27. The van der Waals surface area contributed by atoms with Crippen LogP contribution < -0.4 is 0 Å². The van der Waals surface area contributed by atoms with Crippen LogP contribution in [-0.2, 0) is 16.1 Å². The van der Waals surface area contributed by atoms with Crippen LogP contribution in [0.3, 0.4) is 0 Å². The summed E-state index contributed by atoms with van der Waals surface area (Å²) in [7, 11) is 0. The molecule has 92 valence electrons. The summed E-state index contributed by atoms with van der Waals surface area (Å²) >= 11 is 0. The third-order valence-corrected chi connectivity index (χ3v) is 3.69. The number of esters is 1. The van der Waals surface area contributed by atoms with Crippen molar-refractivity contribution in [2.75, 3.05) is 13.2 Å². The van der Waals surface area contributed by atoms with Gasteiger partial charge in [-0.05, 0) is 25.5 Å². The highest BCUT2D eigenvalue weighted by molar-refractivity contribution is 5.77. The summed E-state index contributed by atoms with van der Waals surface area (Å²) in [5.41, 5.74) is 0. The molecular formula is C12H17N3O2. The Morgan fingerprint density at radius 3 is 3.12 bits per heavy atom. The molecule has 1 aromatic rings. The van der Waals surface area contributed by atoms with E-state index in [0.29, 0.717) is 12.6 Å². The normalized spacial score (nSPS) is 29.8. The van der Waals surface area contributed by atoms with Crippen LogP contribution in [0.4, 0.5) is 0 Å². The maximum atomic E-state index is 11.6. The molecule has 3 heterocycles. The van der Waals surface area contributed by atoms with Crippen molar-refractivity contribution in [1.29, 1.82) is 0 Å². The molecule has 2 aliphatic rings. The van der Waals surface area contributed by atoms with E-state index >= 15 is 0 Å². The Morgan fingerprint density at radius 1 is 1.47 bits per heavy atom. The first-order valence-corrected chi connectivity index (χ1v) is 6.24. The lowest BCUT2D eigenvalue weighted by Crippen LogP contribution is -2.43. The molecule has 0 N–H and O–H groups in total. The summed E-state index contributed by atoms with van der Waals surface area (Å²) in [6.07, 6.45) is 6.92. The molecule has 5 nitrogen and oxygen atoms in total. The molecule has 2 aliphatic heterocycles. The quantitative estimate of drug-likeness (QED) is 0.722. The van der Waals surface area contributed by atoms with Gasteiger partial charge in [0, 0.05) is 24.9 Å². The van der Waals surface area contributed by atoms with Crippen LogP contribution in [0, 0.1) is 0 Å². The number of likely N-dealkylation sites (tertiary alicyclic amines) is 1. The van der Waals surface area contributed by atoms with E-state index < -0.39 is 0 Å². The van der Waals surface area contributed by atoms with E-state index in [4.69, 9.17) is 4.74 Å². The van der Waals surface area contributed by atoms with Crippen molar-refractivity contribution in [2.24, 2.45) is 0 Å². The van der Waals surface area contributed by atoms with Crippen molar-refractivity contribution >= 4 is 5.97 Å². The molecule has 5 heteroatoms. The molecule has 2 unspecified atom stereocenters. The molecule has 0 radical (unpaired) electrons. The van der Waals surface area contributed by atoms with Gasteiger partial charge in [0.1, 0.15) is 6.04 Å². The number of cyclic esters (lactones) is 1. The number of hydrogen-bond acceptors (Lipinski definition) is 4. The molecule has 2 atom stereocenters. The fraction of sp³-hybridized carbons (Fsp3) is 0.667. The van der Waals surface area contributed by atoms with Crippen molar-refractivity contribution in [3.8, 4) is 0 Å². The maximum Gasteiger partial charge on any atom is 0.323 e. The Hall–Kier alpha value is -1.36. The Bertz CT molecular complexity index is 390. The zero-order chi connectivity index (χ0) is 11.7. The van der Waals surface area contributed by atoms with E-state index in [1.54, 1.807) is 6.20 Å². The minimum atomic E-state index is -0.0441. The van der Waals surface area contributed by atoms with Crippen molar-refractivity contribution in [2.45, 2.75) is 37.9 Å².